The highest BCUT2D eigenvalue weighted by molar-refractivity contribution is 5.85. The maximum atomic E-state index is 12.5. The summed E-state index contributed by atoms with van der Waals surface area (Å²) in [5.41, 5.74) is 5.42. The molecule has 25 heavy (non-hydrogen) atoms. The van der Waals surface area contributed by atoms with Crippen molar-refractivity contribution in [3.63, 3.8) is 0 Å². The van der Waals surface area contributed by atoms with E-state index in [1.165, 1.54) is 0 Å². The summed E-state index contributed by atoms with van der Waals surface area (Å²) in [7, 11) is 0. The predicted molar refractivity (Wildman–Crippen MR) is 99.0 cm³/mol. The van der Waals surface area contributed by atoms with Crippen LogP contribution in [-0.4, -0.2) is 39.5 Å². The number of nitrogens with one attached hydrogen (secondary N) is 1. The van der Waals surface area contributed by atoms with Crippen molar-refractivity contribution in [2.45, 2.75) is 32.4 Å². The maximum Gasteiger partial charge on any atom is 0.329 e. The Morgan fingerprint density at radius 1 is 1.36 bits per heavy atom. The van der Waals surface area contributed by atoms with Crippen LogP contribution in [0, 0.1) is 5.92 Å². The van der Waals surface area contributed by atoms with E-state index >= 15 is 0 Å². The van der Waals surface area contributed by atoms with Crippen molar-refractivity contribution >= 4 is 29.2 Å². The van der Waals surface area contributed by atoms with Crippen LogP contribution in [0.3, 0.4) is 0 Å². The number of carbonyl (C=O) groups excluding carboxylic acids is 1. The fourth-order valence-electron chi connectivity index (χ4n) is 3.24. The van der Waals surface area contributed by atoms with Crippen molar-refractivity contribution in [1.29, 1.82) is 0 Å². The van der Waals surface area contributed by atoms with E-state index in [-0.39, 0.29) is 36.8 Å². The molecule has 0 radical (unpaired) electrons. The molecule has 7 nitrogen and oxygen atoms in total. The molecule has 8 heteroatoms. The number of hydrogen-bond acceptors (Lipinski definition) is 4. The van der Waals surface area contributed by atoms with Crippen LogP contribution in [0.4, 0.5) is 0 Å². The third kappa shape index (κ3) is 3.93. The average Bonchev–Trinajstić information content (AvgIpc) is 2.58. The highest BCUT2D eigenvalue weighted by Gasteiger charge is 2.26. The molecule has 2 atom stereocenters. The van der Waals surface area contributed by atoms with Crippen LogP contribution in [0.15, 0.2) is 33.9 Å². The van der Waals surface area contributed by atoms with Gasteiger partial charge >= 0.3 is 5.69 Å². The molecule has 1 aliphatic heterocycles. The van der Waals surface area contributed by atoms with Crippen molar-refractivity contribution in [2.75, 3.05) is 13.1 Å². The molecular formula is C17H23ClN4O3. The van der Waals surface area contributed by atoms with E-state index in [9.17, 15) is 14.4 Å². The van der Waals surface area contributed by atoms with Gasteiger partial charge in [-0.05, 0) is 37.8 Å². The molecule has 2 aromatic rings. The Hall–Kier alpha value is -2.12. The fourth-order valence-corrected chi connectivity index (χ4v) is 3.24. The van der Waals surface area contributed by atoms with Gasteiger partial charge in [-0.2, -0.15) is 0 Å². The van der Waals surface area contributed by atoms with Gasteiger partial charge in [0, 0.05) is 19.1 Å². The summed E-state index contributed by atoms with van der Waals surface area (Å²) >= 11 is 0. The number of amides is 1. The summed E-state index contributed by atoms with van der Waals surface area (Å²) in [6.07, 6.45) is 1.89. The van der Waals surface area contributed by atoms with Crippen molar-refractivity contribution in [3.8, 4) is 0 Å². The molecular weight excluding hydrogens is 344 g/mol. The lowest BCUT2D eigenvalue weighted by Gasteiger charge is -2.34. The van der Waals surface area contributed by atoms with Crippen LogP contribution in [0.25, 0.3) is 10.9 Å². The molecule has 1 fully saturated rings. The first-order valence-corrected chi connectivity index (χ1v) is 8.22. The average molecular weight is 367 g/mol. The van der Waals surface area contributed by atoms with Gasteiger partial charge in [-0.25, -0.2) is 4.79 Å². The van der Waals surface area contributed by atoms with E-state index in [1.807, 2.05) is 6.92 Å². The molecule has 136 valence electrons. The first kappa shape index (κ1) is 19.2. The lowest BCUT2D eigenvalue weighted by molar-refractivity contribution is -0.133. The Kier molecular flexibility index (Phi) is 6.02. The number of halogens is 1. The van der Waals surface area contributed by atoms with Crippen molar-refractivity contribution in [3.05, 3.63) is 45.1 Å². The highest BCUT2D eigenvalue weighted by atomic mass is 35.5. The Labute approximate surface area is 151 Å². The van der Waals surface area contributed by atoms with Gasteiger partial charge in [0.05, 0.1) is 10.9 Å². The second kappa shape index (κ2) is 7.84. The largest absolute Gasteiger partial charge is 0.341 e. The minimum atomic E-state index is -0.562. The molecule has 0 spiro atoms. The molecule has 1 aromatic carbocycles. The van der Waals surface area contributed by atoms with Gasteiger partial charge in [0.25, 0.3) is 5.56 Å². The molecule has 2 heterocycles. The van der Waals surface area contributed by atoms with E-state index < -0.39 is 11.2 Å². The fraction of sp³-hybridized carbons (Fsp3) is 0.471. The first-order chi connectivity index (χ1) is 11.5. The summed E-state index contributed by atoms with van der Waals surface area (Å²) in [5, 5.41) is 0.400. The number of piperidine rings is 1. The smallest absolute Gasteiger partial charge is 0.329 e. The summed E-state index contributed by atoms with van der Waals surface area (Å²) < 4.78 is 0.972. The van der Waals surface area contributed by atoms with Gasteiger partial charge in [0.2, 0.25) is 5.91 Å². The SMILES string of the molecule is CC(N)C1CCCN(C(=O)Cn2c(=O)[nH]c3ccccc3c2=O)C1.Cl. The first-order valence-electron chi connectivity index (χ1n) is 8.22. The third-order valence-corrected chi connectivity index (χ3v) is 4.74. The maximum absolute atomic E-state index is 12.5. The van der Waals surface area contributed by atoms with Crippen LogP contribution in [0.1, 0.15) is 19.8 Å². The molecule has 0 aliphatic carbocycles. The van der Waals surface area contributed by atoms with Crippen LogP contribution >= 0.6 is 12.4 Å². The number of rotatable bonds is 3. The van der Waals surface area contributed by atoms with Crippen LogP contribution in [-0.2, 0) is 11.3 Å². The lowest BCUT2D eigenvalue weighted by atomic mass is 9.92. The third-order valence-electron chi connectivity index (χ3n) is 4.74. The Bertz CT molecular complexity index is 874. The summed E-state index contributed by atoms with van der Waals surface area (Å²) in [4.78, 5) is 41.6. The number of nitrogens with zero attached hydrogens (tertiary/aromatic N) is 2. The van der Waals surface area contributed by atoms with Crippen molar-refractivity contribution < 1.29 is 4.79 Å². The van der Waals surface area contributed by atoms with Gasteiger partial charge in [-0.3, -0.25) is 14.2 Å². The highest BCUT2D eigenvalue weighted by Crippen LogP contribution is 2.18. The van der Waals surface area contributed by atoms with Gasteiger partial charge in [0.15, 0.2) is 0 Å². The molecule has 3 rings (SSSR count). The molecule has 1 amide bonds. The number of aromatic nitrogens is 2. The minimum Gasteiger partial charge on any atom is -0.341 e. The zero-order valence-electron chi connectivity index (χ0n) is 14.1. The van der Waals surface area contributed by atoms with Gasteiger partial charge in [-0.15, -0.1) is 12.4 Å². The standard InChI is InChI=1S/C17H22N4O3.ClH/c1-11(18)12-5-4-8-20(9-12)15(22)10-21-16(23)13-6-2-3-7-14(13)19-17(21)24;/h2-3,6-7,11-12H,4-5,8-10,18H2,1H3,(H,19,24);1H. The molecule has 2 unspecified atom stereocenters. The van der Waals surface area contributed by atoms with E-state index in [2.05, 4.69) is 4.98 Å². The molecule has 0 bridgehead atoms. The number of fused-ring (bicyclic) bond motifs is 1. The van der Waals surface area contributed by atoms with Gasteiger partial charge in [-0.1, -0.05) is 12.1 Å². The number of benzene rings is 1. The number of H-pyrrole nitrogens is 1. The van der Waals surface area contributed by atoms with E-state index in [4.69, 9.17) is 5.73 Å². The number of aromatic amines is 1. The number of nitrogens with two attached hydrogens (primary N) is 1. The zero-order valence-corrected chi connectivity index (χ0v) is 14.9. The molecule has 0 saturated carbocycles. The summed E-state index contributed by atoms with van der Waals surface area (Å²) in [6.45, 7) is 2.92. The van der Waals surface area contributed by atoms with Gasteiger partial charge in [0.1, 0.15) is 6.54 Å². The molecule has 3 N–H and O–H groups in total. The van der Waals surface area contributed by atoms with E-state index in [0.29, 0.717) is 24.0 Å². The lowest BCUT2D eigenvalue weighted by Crippen LogP contribution is -2.48. The number of hydrogen-bond donors (Lipinski definition) is 2. The monoisotopic (exact) mass is 366 g/mol. The Balaban J connectivity index is 0.00000225. The Morgan fingerprint density at radius 3 is 2.80 bits per heavy atom. The zero-order chi connectivity index (χ0) is 17.3. The second-order valence-corrected chi connectivity index (χ2v) is 6.47. The number of para-hydroxylation sites is 1. The topological polar surface area (TPSA) is 101 Å². The van der Waals surface area contributed by atoms with Crippen molar-refractivity contribution in [1.82, 2.24) is 14.5 Å². The van der Waals surface area contributed by atoms with Crippen LogP contribution < -0.4 is 17.0 Å². The van der Waals surface area contributed by atoms with E-state index in [1.54, 1.807) is 29.2 Å². The molecule has 1 aliphatic rings. The number of carbonyl (C=O) groups is 1. The summed E-state index contributed by atoms with van der Waals surface area (Å²) in [6, 6.07) is 6.80. The molecule has 1 saturated heterocycles. The van der Waals surface area contributed by atoms with Crippen molar-refractivity contribution in [2.24, 2.45) is 11.7 Å². The normalized spacial score (nSPS) is 18.6. The molecule has 1 aromatic heterocycles. The predicted octanol–water partition coefficient (Wildman–Crippen LogP) is 0.697. The van der Waals surface area contributed by atoms with E-state index in [0.717, 1.165) is 17.4 Å². The Morgan fingerprint density at radius 2 is 2.08 bits per heavy atom. The van der Waals surface area contributed by atoms with Crippen LogP contribution in [0.2, 0.25) is 0 Å². The summed E-state index contributed by atoms with van der Waals surface area (Å²) in [5.74, 6) is 0.0394. The van der Waals surface area contributed by atoms with Crippen LogP contribution in [0.5, 0.6) is 0 Å². The minimum absolute atomic E-state index is 0. The quantitative estimate of drug-likeness (QED) is 0.834. The number of likely N-dealkylation sites (tertiary alicyclic amines) is 1. The second-order valence-electron chi connectivity index (χ2n) is 6.47. The van der Waals surface area contributed by atoms with Gasteiger partial charge < -0.3 is 15.6 Å².